The predicted molar refractivity (Wildman–Crippen MR) is 54.8 cm³/mol. The third kappa shape index (κ3) is 2.80. The Kier molecular flexibility index (Phi) is 3.96. The molecule has 0 amide bonds. The van der Waals surface area contributed by atoms with Crippen LogP contribution < -0.4 is 0 Å². The Morgan fingerprint density at radius 1 is 1.82 bits per heavy atom. The summed E-state index contributed by atoms with van der Waals surface area (Å²) in [5.74, 6) is 1.45. The zero-order valence-electron chi connectivity index (χ0n) is 6.51. The van der Waals surface area contributed by atoms with E-state index in [2.05, 4.69) is 6.92 Å². The van der Waals surface area contributed by atoms with Gasteiger partial charge in [0.25, 0.3) is 0 Å². The van der Waals surface area contributed by atoms with E-state index in [0.717, 1.165) is 23.6 Å². The van der Waals surface area contributed by atoms with Crippen molar-refractivity contribution in [3.63, 3.8) is 0 Å². The molecule has 0 saturated carbocycles. The monoisotopic (exact) mass is 211 g/mol. The molecule has 0 aromatic heterocycles. The number of hydrogen-bond donors (Lipinski definition) is 0. The van der Waals surface area contributed by atoms with Crippen molar-refractivity contribution in [1.29, 1.82) is 0 Å². The topological polar surface area (TPSA) is 9.23 Å². The molecule has 11 heavy (non-hydrogen) atoms. The van der Waals surface area contributed by atoms with Crippen molar-refractivity contribution < 1.29 is 4.18 Å². The SMILES string of the molecule is CCCC1CC[S+](Cl)OC1=S. The molecule has 1 fully saturated rings. The van der Waals surface area contributed by atoms with Crippen LogP contribution in [0.3, 0.4) is 0 Å². The Balaban J connectivity index is 2.38. The average Bonchev–Trinajstić information content (AvgIpc) is 1.95. The molecule has 1 heterocycles. The van der Waals surface area contributed by atoms with Gasteiger partial charge in [0.05, 0.1) is 0 Å². The van der Waals surface area contributed by atoms with Crippen LogP contribution in [0.1, 0.15) is 26.2 Å². The van der Waals surface area contributed by atoms with Gasteiger partial charge >= 0.3 is 10.4 Å². The van der Waals surface area contributed by atoms with Crippen molar-refractivity contribution in [2.45, 2.75) is 26.2 Å². The minimum Gasteiger partial charge on any atom is -0.257 e. The molecule has 0 aliphatic carbocycles. The van der Waals surface area contributed by atoms with Crippen LogP contribution in [-0.4, -0.2) is 10.8 Å². The van der Waals surface area contributed by atoms with E-state index in [1.807, 2.05) is 0 Å². The summed E-state index contributed by atoms with van der Waals surface area (Å²) in [6.45, 7) is 2.16. The molecular weight excluding hydrogens is 200 g/mol. The van der Waals surface area contributed by atoms with Gasteiger partial charge in [-0.2, -0.15) is 0 Å². The second-order valence-corrected chi connectivity index (χ2v) is 5.26. The van der Waals surface area contributed by atoms with E-state index in [4.69, 9.17) is 27.1 Å². The first-order chi connectivity index (χ1) is 5.24. The quantitative estimate of drug-likeness (QED) is 0.513. The van der Waals surface area contributed by atoms with Gasteiger partial charge in [-0.15, -0.1) is 0 Å². The first kappa shape index (κ1) is 9.62. The van der Waals surface area contributed by atoms with Gasteiger partial charge in [0.15, 0.2) is 5.75 Å². The van der Waals surface area contributed by atoms with E-state index >= 15 is 0 Å². The second-order valence-electron chi connectivity index (χ2n) is 2.67. The Morgan fingerprint density at radius 3 is 3.09 bits per heavy atom. The van der Waals surface area contributed by atoms with E-state index in [1.54, 1.807) is 0 Å². The van der Waals surface area contributed by atoms with Gasteiger partial charge < -0.3 is 0 Å². The molecule has 64 valence electrons. The lowest BCUT2D eigenvalue weighted by molar-refractivity contribution is 0.485. The van der Waals surface area contributed by atoms with Gasteiger partial charge in [0.1, 0.15) is 0 Å². The summed E-state index contributed by atoms with van der Waals surface area (Å²) < 4.78 is 5.28. The van der Waals surface area contributed by atoms with Gasteiger partial charge in [-0.1, -0.05) is 13.3 Å². The number of halogens is 1. The maximum atomic E-state index is 5.80. The van der Waals surface area contributed by atoms with Crippen molar-refractivity contribution >= 4 is 38.3 Å². The molecular formula is C7H12ClOS2+. The third-order valence-corrected chi connectivity index (χ3v) is 3.86. The normalized spacial score (nSPS) is 31.6. The summed E-state index contributed by atoms with van der Waals surface area (Å²) in [5.41, 5.74) is 0. The minimum atomic E-state index is -0.414. The zero-order chi connectivity index (χ0) is 8.27. The summed E-state index contributed by atoms with van der Waals surface area (Å²) in [5, 5.41) is 0.733. The van der Waals surface area contributed by atoms with E-state index in [1.165, 1.54) is 6.42 Å². The zero-order valence-corrected chi connectivity index (χ0v) is 8.90. The number of hydrogen-bond acceptors (Lipinski definition) is 2. The van der Waals surface area contributed by atoms with E-state index in [-0.39, 0.29) is 0 Å². The van der Waals surface area contributed by atoms with Crippen LogP contribution in [0.15, 0.2) is 0 Å². The standard InChI is InChI=1S/C7H12ClOS2/c1-2-3-6-4-5-11(8)9-7(6)10/h6H,2-5H2,1H3/q+1. The largest absolute Gasteiger partial charge is 0.312 e. The maximum Gasteiger partial charge on any atom is 0.312 e. The molecule has 0 bridgehead atoms. The van der Waals surface area contributed by atoms with Crippen LogP contribution in [0.4, 0.5) is 0 Å². The van der Waals surface area contributed by atoms with E-state index in [9.17, 15) is 0 Å². The lowest BCUT2D eigenvalue weighted by Crippen LogP contribution is -2.26. The highest BCUT2D eigenvalue weighted by Crippen LogP contribution is 2.25. The first-order valence-electron chi connectivity index (χ1n) is 3.83. The molecule has 0 aromatic carbocycles. The molecule has 1 aliphatic rings. The van der Waals surface area contributed by atoms with Crippen LogP contribution in [0, 0.1) is 5.92 Å². The van der Waals surface area contributed by atoms with Gasteiger partial charge in [-0.25, -0.2) is 0 Å². The van der Waals surface area contributed by atoms with Crippen molar-refractivity contribution in [1.82, 2.24) is 0 Å². The fraction of sp³-hybridized carbons (Fsp3) is 0.857. The van der Waals surface area contributed by atoms with Gasteiger partial charge in [0.2, 0.25) is 15.7 Å². The molecule has 1 aliphatic heterocycles. The smallest absolute Gasteiger partial charge is 0.257 e. The van der Waals surface area contributed by atoms with Gasteiger partial charge in [-0.3, -0.25) is 4.18 Å². The minimum absolute atomic E-state index is 0.414. The summed E-state index contributed by atoms with van der Waals surface area (Å²) in [6.07, 6.45) is 3.43. The highest BCUT2D eigenvalue weighted by Gasteiger charge is 2.33. The third-order valence-electron chi connectivity index (χ3n) is 1.77. The van der Waals surface area contributed by atoms with Crippen molar-refractivity contribution in [2.75, 3.05) is 5.75 Å². The molecule has 0 spiro atoms. The summed E-state index contributed by atoms with van der Waals surface area (Å²) in [6, 6.07) is 0. The molecule has 0 aromatic rings. The predicted octanol–water partition coefficient (Wildman–Crippen LogP) is 2.84. The van der Waals surface area contributed by atoms with Crippen molar-refractivity contribution in [2.24, 2.45) is 5.92 Å². The van der Waals surface area contributed by atoms with Crippen LogP contribution in [0.2, 0.25) is 0 Å². The molecule has 1 saturated heterocycles. The van der Waals surface area contributed by atoms with Crippen molar-refractivity contribution in [3.8, 4) is 0 Å². The molecule has 2 atom stereocenters. The Hall–Kier alpha value is 0.530. The number of thiocarbonyl (C=S) groups is 1. The number of rotatable bonds is 2. The Morgan fingerprint density at radius 2 is 2.55 bits per heavy atom. The fourth-order valence-corrected chi connectivity index (χ4v) is 3.09. The summed E-state index contributed by atoms with van der Waals surface area (Å²) in [7, 11) is 5.38. The summed E-state index contributed by atoms with van der Waals surface area (Å²) >= 11 is 5.07. The summed E-state index contributed by atoms with van der Waals surface area (Å²) in [4.78, 5) is 0. The van der Waals surface area contributed by atoms with Crippen molar-refractivity contribution in [3.05, 3.63) is 0 Å². The van der Waals surface area contributed by atoms with Crippen LogP contribution in [0.25, 0.3) is 0 Å². The van der Waals surface area contributed by atoms with Gasteiger partial charge in [0, 0.05) is 12.3 Å². The molecule has 2 unspecified atom stereocenters. The van der Waals surface area contributed by atoms with E-state index < -0.39 is 10.4 Å². The average molecular weight is 212 g/mol. The van der Waals surface area contributed by atoms with Crippen LogP contribution in [-0.2, 0) is 14.6 Å². The Labute approximate surface area is 80.5 Å². The van der Waals surface area contributed by atoms with Gasteiger partial charge in [-0.05, 0) is 18.6 Å². The molecule has 0 N–H and O–H groups in total. The second kappa shape index (κ2) is 4.53. The van der Waals surface area contributed by atoms with Crippen LogP contribution in [0.5, 0.6) is 0 Å². The Bertz CT molecular complexity index is 151. The molecule has 1 rings (SSSR count). The fourth-order valence-electron chi connectivity index (χ4n) is 1.16. The lowest BCUT2D eigenvalue weighted by Gasteiger charge is -2.17. The van der Waals surface area contributed by atoms with Crippen LogP contribution >= 0.6 is 22.9 Å². The molecule has 0 radical (unpaired) electrons. The molecule has 4 heteroatoms. The first-order valence-corrected chi connectivity index (χ1v) is 6.38. The van der Waals surface area contributed by atoms with E-state index in [0.29, 0.717) is 5.92 Å². The highest BCUT2D eigenvalue weighted by molar-refractivity contribution is 8.15. The molecule has 1 nitrogen and oxygen atoms in total. The highest BCUT2D eigenvalue weighted by atomic mass is 35.7. The lowest BCUT2D eigenvalue weighted by atomic mass is 10.0. The maximum absolute atomic E-state index is 5.80.